The number of carbonyl (C=O) groups excluding carboxylic acids is 1. The van der Waals surface area contributed by atoms with Crippen LogP contribution < -0.4 is 10.1 Å². The van der Waals surface area contributed by atoms with Crippen LogP contribution in [-0.2, 0) is 23.7 Å². The average molecular weight is 422 g/mol. The lowest BCUT2D eigenvalue weighted by Gasteiger charge is -2.19. The molecular formula is C22H32ClN3OS. The fraction of sp³-hybridized carbons (Fsp3) is 0.545. The van der Waals surface area contributed by atoms with Gasteiger partial charge < -0.3 is 9.88 Å². The summed E-state index contributed by atoms with van der Waals surface area (Å²) in [6.45, 7) is 6.56. The molecule has 6 heteroatoms. The summed E-state index contributed by atoms with van der Waals surface area (Å²) < 4.78 is 2.07. The number of rotatable bonds is 4. The molecule has 1 aliphatic carbocycles. The second-order valence-electron chi connectivity index (χ2n) is 8.54. The number of nitrogens with one attached hydrogen (secondary N) is 1. The predicted molar refractivity (Wildman–Crippen MR) is 120 cm³/mol. The van der Waals surface area contributed by atoms with Crippen molar-refractivity contribution in [1.29, 1.82) is 0 Å². The van der Waals surface area contributed by atoms with E-state index in [0.29, 0.717) is 12.5 Å². The molecule has 1 fully saturated rings. The topological polar surface area (TPSA) is 46.4 Å². The zero-order valence-corrected chi connectivity index (χ0v) is 19.0. The van der Waals surface area contributed by atoms with Crippen LogP contribution in [0.3, 0.4) is 0 Å². The van der Waals surface area contributed by atoms with Crippen molar-refractivity contribution in [2.75, 3.05) is 5.32 Å². The Balaban J connectivity index is 0.00000280. The Labute approximate surface area is 178 Å². The molecule has 154 valence electrons. The normalized spacial score (nSPS) is 15.9. The molecule has 0 radical (unpaired) electrons. The van der Waals surface area contributed by atoms with Crippen molar-refractivity contribution in [3.63, 3.8) is 0 Å². The molecular weight excluding hydrogens is 390 g/mol. The lowest BCUT2D eigenvalue weighted by atomic mass is 9.87. The third-order valence-corrected chi connectivity index (χ3v) is 6.24. The number of halogens is 1. The van der Waals surface area contributed by atoms with E-state index in [1.54, 1.807) is 11.3 Å². The van der Waals surface area contributed by atoms with Crippen molar-refractivity contribution >= 4 is 35.3 Å². The van der Waals surface area contributed by atoms with Gasteiger partial charge in [0.25, 0.3) is 0 Å². The highest BCUT2D eigenvalue weighted by Gasteiger charge is 2.15. The van der Waals surface area contributed by atoms with Gasteiger partial charge in [0.05, 0.1) is 12.5 Å². The highest BCUT2D eigenvalue weighted by molar-refractivity contribution is 7.07. The summed E-state index contributed by atoms with van der Waals surface area (Å²) in [5.74, 6) is 0.0103. The summed E-state index contributed by atoms with van der Waals surface area (Å²) in [5, 5.41) is 5.07. The number of amides is 1. The van der Waals surface area contributed by atoms with Crippen molar-refractivity contribution in [2.45, 2.75) is 70.8 Å². The predicted octanol–water partition coefficient (Wildman–Crippen LogP) is 5.22. The van der Waals surface area contributed by atoms with Gasteiger partial charge in [0, 0.05) is 23.8 Å². The van der Waals surface area contributed by atoms with Gasteiger partial charge in [-0.3, -0.25) is 9.79 Å². The first kappa shape index (κ1) is 22.7. The average Bonchev–Trinajstić information content (AvgIpc) is 2.95. The summed E-state index contributed by atoms with van der Waals surface area (Å²) in [5.41, 5.74) is 3.24. The highest BCUT2D eigenvalue weighted by atomic mass is 35.5. The van der Waals surface area contributed by atoms with Crippen LogP contribution in [0.15, 0.2) is 34.6 Å². The van der Waals surface area contributed by atoms with E-state index in [1.807, 2.05) is 19.2 Å². The van der Waals surface area contributed by atoms with Gasteiger partial charge >= 0.3 is 0 Å². The molecule has 0 spiro atoms. The van der Waals surface area contributed by atoms with Crippen LogP contribution in [0.2, 0.25) is 0 Å². The van der Waals surface area contributed by atoms with E-state index >= 15 is 0 Å². The molecule has 4 nitrogen and oxygen atoms in total. The minimum absolute atomic E-state index is 0. The minimum Gasteiger partial charge on any atom is -0.326 e. The Kier molecular flexibility index (Phi) is 7.90. The monoisotopic (exact) mass is 421 g/mol. The van der Waals surface area contributed by atoms with E-state index in [2.05, 4.69) is 48.2 Å². The van der Waals surface area contributed by atoms with Gasteiger partial charge in [-0.1, -0.05) is 52.2 Å². The van der Waals surface area contributed by atoms with Crippen LogP contribution in [0.1, 0.15) is 64.1 Å². The third-order valence-electron chi connectivity index (χ3n) is 5.26. The van der Waals surface area contributed by atoms with Crippen molar-refractivity contribution in [2.24, 2.45) is 12.0 Å². The Hall–Kier alpha value is -1.59. The van der Waals surface area contributed by atoms with Crippen LogP contribution in [0.5, 0.6) is 0 Å². The Morgan fingerprint density at radius 2 is 1.82 bits per heavy atom. The van der Waals surface area contributed by atoms with Crippen molar-refractivity contribution in [3.05, 3.63) is 45.7 Å². The maximum absolute atomic E-state index is 12.5. The molecule has 1 heterocycles. The van der Waals surface area contributed by atoms with Crippen LogP contribution in [0, 0.1) is 0 Å². The van der Waals surface area contributed by atoms with Gasteiger partial charge in [-0.15, -0.1) is 23.7 Å². The molecule has 2 aromatic rings. The maximum atomic E-state index is 12.5. The van der Waals surface area contributed by atoms with E-state index in [4.69, 9.17) is 4.99 Å². The Morgan fingerprint density at radius 1 is 1.18 bits per heavy atom. The van der Waals surface area contributed by atoms with E-state index in [1.165, 1.54) is 37.7 Å². The number of aromatic nitrogens is 1. The molecule has 0 saturated heterocycles. The lowest BCUT2D eigenvalue weighted by molar-refractivity contribution is -0.115. The number of hydrogen-bond acceptors (Lipinski definition) is 3. The third kappa shape index (κ3) is 5.95. The van der Waals surface area contributed by atoms with E-state index in [-0.39, 0.29) is 23.7 Å². The molecule has 3 rings (SSSR count). The summed E-state index contributed by atoms with van der Waals surface area (Å²) in [4.78, 5) is 18.4. The van der Waals surface area contributed by atoms with E-state index in [9.17, 15) is 4.79 Å². The first-order valence-corrected chi connectivity index (χ1v) is 10.8. The van der Waals surface area contributed by atoms with Crippen LogP contribution in [0.4, 0.5) is 5.69 Å². The quantitative estimate of drug-likeness (QED) is 0.722. The molecule has 1 N–H and O–H groups in total. The molecule has 1 aliphatic rings. The van der Waals surface area contributed by atoms with Gasteiger partial charge in [-0.05, 0) is 36.0 Å². The smallest absolute Gasteiger partial charge is 0.230 e. The zero-order valence-electron chi connectivity index (χ0n) is 17.3. The van der Waals surface area contributed by atoms with Gasteiger partial charge in [0.2, 0.25) is 5.91 Å². The molecule has 1 saturated carbocycles. The van der Waals surface area contributed by atoms with Gasteiger partial charge in [0.15, 0.2) is 4.80 Å². The fourth-order valence-corrected chi connectivity index (χ4v) is 4.44. The fourth-order valence-electron chi connectivity index (χ4n) is 3.47. The van der Waals surface area contributed by atoms with Crippen molar-refractivity contribution < 1.29 is 4.79 Å². The van der Waals surface area contributed by atoms with Gasteiger partial charge in [0.1, 0.15) is 0 Å². The molecule has 0 aliphatic heterocycles. The minimum atomic E-state index is 0. The van der Waals surface area contributed by atoms with Crippen LogP contribution >= 0.6 is 23.7 Å². The first-order chi connectivity index (χ1) is 12.8. The maximum Gasteiger partial charge on any atom is 0.230 e. The first-order valence-electron chi connectivity index (χ1n) is 9.90. The Morgan fingerprint density at radius 3 is 2.43 bits per heavy atom. The molecule has 0 bridgehead atoms. The number of nitrogens with zero attached hydrogens (tertiary/aromatic N) is 2. The highest BCUT2D eigenvalue weighted by Crippen LogP contribution is 2.23. The summed E-state index contributed by atoms with van der Waals surface area (Å²) in [6, 6.07) is 8.58. The molecule has 0 unspecified atom stereocenters. The van der Waals surface area contributed by atoms with Crippen LogP contribution in [0.25, 0.3) is 0 Å². The van der Waals surface area contributed by atoms with Crippen LogP contribution in [-0.4, -0.2) is 16.5 Å². The van der Waals surface area contributed by atoms with Crippen molar-refractivity contribution in [1.82, 2.24) is 4.57 Å². The molecule has 28 heavy (non-hydrogen) atoms. The second-order valence-corrected chi connectivity index (χ2v) is 9.38. The number of anilines is 1. The SMILES string of the molecule is Cl.Cn1c(CC(=O)Nc2ccc(C(C)(C)C)cc2)csc1=NC1CCCCC1. The summed E-state index contributed by atoms with van der Waals surface area (Å²) in [7, 11) is 2.01. The number of thiazole rings is 1. The number of hydrogen-bond donors (Lipinski definition) is 1. The van der Waals surface area contributed by atoms with Gasteiger partial charge in [-0.2, -0.15) is 0 Å². The molecule has 1 aromatic heterocycles. The summed E-state index contributed by atoms with van der Waals surface area (Å²) in [6.07, 6.45) is 6.66. The lowest BCUT2D eigenvalue weighted by Crippen LogP contribution is -2.22. The largest absolute Gasteiger partial charge is 0.326 e. The van der Waals surface area contributed by atoms with Gasteiger partial charge in [-0.25, -0.2) is 0 Å². The van der Waals surface area contributed by atoms with E-state index < -0.39 is 0 Å². The second kappa shape index (κ2) is 9.75. The van der Waals surface area contributed by atoms with E-state index in [0.717, 1.165) is 16.2 Å². The summed E-state index contributed by atoms with van der Waals surface area (Å²) >= 11 is 1.64. The Bertz CT molecular complexity index is 840. The van der Waals surface area contributed by atoms with Crippen molar-refractivity contribution in [3.8, 4) is 0 Å². The molecule has 0 atom stereocenters. The standard InChI is InChI=1S/C22H31N3OS.ClH/c1-22(2,3)16-10-12-18(13-11-16)23-20(26)14-19-15-27-21(25(19)4)24-17-8-6-5-7-9-17;/h10-13,15,17H,5-9,14H2,1-4H3,(H,23,26);1H. The molecule has 1 amide bonds. The molecule has 1 aromatic carbocycles. The zero-order chi connectivity index (χ0) is 19.4. The number of benzene rings is 1. The number of carbonyl (C=O) groups is 1.